The molecule has 0 N–H and O–H groups in total. The van der Waals surface area contributed by atoms with Gasteiger partial charge >= 0.3 is 0 Å². The Morgan fingerprint density at radius 3 is 2.60 bits per heavy atom. The van der Waals surface area contributed by atoms with Crippen molar-refractivity contribution >= 4 is 0 Å². The van der Waals surface area contributed by atoms with Crippen LogP contribution in [-0.2, 0) is 13.1 Å². The van der Waals surface area contributed by atoms with Crippen LogP contribution in [0.5, 0.6) is 5.75 Å². The van der Waals surface area contributed by atoms with Crippen LogP contribution in [0.15, 0.2) is 73.8 Å². The minimum Gasteiger partial charge on any atom is -0.497 e. The highest BCUT2D eigenvalue weighted by Crippen LogP contribution is 2.16. The minimum absolute atomic E-state index is 0.821. The molecule has 0 atom stereocenters. The molecule has 0 aliphatic heterocycles. The zero-order chi connectivity index (χ0) is 17.5. The molecule has 0 saturated carbocycles. The normalized spacial score (nSPS) is 10.8. The number of aromatic nitrogens is 3. The van der Waals surface area contributed by atoms with Gasteiger partial charge in [-0.1, -0.05) is 30.3 Å². The monoisotopic (exact) mass is 334 g/mol. The quantitative estimate of drug-likeness (QED) is 0.592. The first-order valence-electron chi connectivity index (χ1n) is 8.18. The second-order valence-corrected chi connectivity index (χ2v) is 5.82. The summed E-state index contributed by atoms with van der Waals surface area (Å²) in [6.07, 6.45) is 5.17. The minimum atomic E-state index is 0.821. The van der Waals surface area contributed by atoms with Gasteiger partial charge in [-0.15, -0.1) is 6.58 Å². The van der Waals surface area contributed by atoms with Crippen LogP contribution >= 0.6 is 0 Å². The van der Waals surface area contributed by atoms with Crippen LogP contribution in [0.3, 0.4) is 0 Å². The van der Waals surface area contributed by atoms with Crippen molar-refractivity contribution in [1.29, 1.82) is 0 Å². The van der Waals surface area contributed by atoms with E-state index in [4.69, 9.17) is 4.74 Å². The van der Waals surface area contributed by atoms with Gasteiger partial charge in [0, 0.05) is 19.6 Å². The van der Waals surface area contributed by atoms with Gasteiger partial charge < -0.3 is 4.74 Å². The van der Waals surface area contributed by atoms with Crippen LogP contribution in [0, 0.1) is 0 Å². The third-order valence-corrected chi connectivity index (χ3v) is 3.95. The first kappa shape index (κ1) is 16.9. The van der Waals surface area contributed by atoms with Crippen LogP contribution in [-0.4, -0.2) is 33.3 Å². The molecule has 5 nitrogen and oxygen atoms in total. The topological polar surface area (TPSA) is 43.2 Å². The van der Waals surface area contributed by atoms with E-state index in [0.717, 1.165) is 31.1 Å². The fourth-order valence-corrected chi connectivity index (χ4v) is 2.75. The molecule has 3 aromatic rings. The van der Waals surface area contributed by atoms with Crippen molar-refractivity contribution in [1.82, 2.24) is 19.7 Å². The van der Waals surface area contributed by atoms with E-state index in [1.165, 1.54) is 17.5 Å². The number of rotatable bonds is 8. The van der Waals surface area contributed by atoms with Crippen LogP contribution in [0.1, 0.15) is 11.1 Å². The lowest BCUT2D eigenvalue weighted by molar-refractivity contribution is 0.285. The highest BCUT2D eigenvalue weighted by atomic mass is 16.5. The number of nitrogens with zero attached hydrogens (tertiary/aromatic N) is 4. The number of benzene rings is 2. The van der Waals surface area contributed by atoms with Gasteiger partial charge in [0.05, 0.1) is 12.8 Å². The van der Waals surface area contributed by atoms with Crippen molar-refractivity contribution < 1.29 is 4.74 Å². The van der Waals surface area contributed by atoms with Crippen molar-refractivity contribution in [3.8, 4) is 11.4 Å². The second kappa shape index (κ2) is 8.26. The zero-order valence-electron chi connectivity index (χ0n) is 14.4. The van der Waals surface area contributed by atoms with Gasteiger partial charge in [-0.2, -0.15) is 5.10 Å². The molecule has 2 aromatic carbocycles. The summed E-state index contributed by atoms with van der Waals surface area (Å²) in [7, 11) is 1.69. The molecule has 0 amide bonds. The van der Waals surface area contributed by atoms with E-state index in [-0.39, 0.29) is 0 Å². The molecular formula is C20H22N4O. The largest absolute Gasteiger partial charge is 0.497 e. The van der Waals surface area contributed by atoms with Crippen molar-refractivity contribution in [2.75, 3.05) is 13.7 Å². The highest BCUT2D eigenvalue weighted by Gasteiger charge is 2.07. The Morgan fingerprint density at radius 2 is 1.92 bits per heavy atom. The van der Waals surface area contributed by atoms with E-state index in [0.29, 0.717) is 0 Å². The highest BCUT2D eigenvalue weighted by molar-refractivity contribution is 5.33. The lowest BCUT2D eigenvalue weighted by atomic mass is 10.1. The molecular weight excluding hydrogens is 312 g/mol. The SMILES string of the molecule is C=CCN(Cc1ccc(-n2cncn2)cc1)Cc1cccc(OC)c1. The predicted molar refractivity (Wildman–Crippen MR) is 98.7 cm³/mol. The van der Waals surface area contributed by atoms with Gasteiger partial charge in [-0.05, 0) is 35.4 Å². The summed E-state index contributed by atoms with van der Waals surface area (Å²) in [6, 6.07) is 16.5. The molecule has 128 valence electrons. The molecule has 0 unspecified atom stereocenters. The van der Waals surface area contributed by atoms with Gasteiger partial charge in [-0.3, -0.25) is 4.90 Å². The maximum Gasteiger partial charge on any atom is 0.138 e. The van der Waals surface area contributed by atoms with Crippen LogP contribution in [0.2, 0.25) is 0 Å². The number of methoxy groups -OCH3 is 1. The molecule has 25 heavy (non-hydrogen) atoms. The molecule has 3 rings (SSSR count). The van der Waals surface area contributed by atoms with Crippen molar-refractivity contribution in [3.05, 3.63) is 85.0 Å². The summed E-state index contributed by atoms with van der Waals surface area (Å²) in [6.45, 7) is 6.39. The Kier molecular flexibility index (Phi) is 5.59. The Labute approximate surface area is 148 Å². The lowest BCUT2D eigenvalue weighted by Crippen LogP contribution is -2.22. The Bertz CT molecular complexity index is 797. The molecule has 0 aliphatic rings. The number of hydrogen-bond donors (Lipinski definition) is 0. The van der Waals surface area contributed by atoms with E-state index < -0.39 is 0 Å². The van der Waals surface area contributed by atoms with E-state index >= 15 is 0 Å². The fourth-order valence-electron chi connectivity index (χ4n) is 2.75. The summed E-state index contributed by atoms with van der Waals surface area (Å²) in [5, 5.41) is 4.15. The fraction of sp³-hybridized carbons (Fsp3) is 0.200. The Balaban J connectivity index is 1.69. The average molecular weight is 334 g/mol. The van der Waals surface area contributed by atoms with Gasteiger partial charge in [-0.25, -0.2) is 9.67 Å². The summed E-state index contributed by atoms with van der Waals surface area (Å²) < 4.78 is 7.06. The third-order valence-electron chi connectivity index (χ3n) is 3.95. The maximum absolute atomic E-state index is 5.31. The second-order valence-electron chi connectivity index (χ2n) is 5.82. The first-order valence-corrected chi connectivity index (χ1v) is 8.18. The summed E-state index contributed by atoms with van der Waals surface area (Å²) >= 11 is 0. The van der Waals surface area contributed by atoms with Crippen molar-refractivity contribution in [2.45, 2.75) is 13.1 Å². The molecule has 0 aliphatic carbocycles. The molecule has 0 radical (unpaired) electrons. The van der Waals surface area contributed by atoms with Crippen LogP contribution < -0.4 is 4.74 Å². The van der Waals surface area contributed by atoms with E-state index in [1.807, 2.05) is 18.2 Å². The molecule has 1 heterocycles. The molecule has 0 bridgehead atoms. The lowest BCUT2D eigenvalue weighted by Gasteiger charge is -2.21. The van der Waals surface area contributed by atoms with Crippen molar-refractivity contribution in [2.24, 2.45) is 0 Å². The van der Waals surface area contributed by atoms with Gasteiger partial charge in [0.1, 0.15) is 18.4 Å². The van der Waals surface area contributed by atoms with Crippen LogP contribution in [0.25, 0.3) is 5.69 Å². The van der Waals surface area contributed by atoms with Gasteiger partial charge in [0.25, 0.3) is 0 Å². The summed E-state index contributed by atoms with van der Waals surface area (Å²) in [5.74, 6) is 0.883. The predicted octanol–water partition coefficient (Wildman–Crippen LogP) is 3.46. The van der Waals surface area contributed by atoms with E-state index in [2.05, 4.69) is 58.0 Å². The standard InChI is InChI=1S/C20H22N4O/c1-3-11-23(14-18-5-4-6-20(12-18)25-2)13-17-7-9-19(10-8-17)24-16-21-15-22-24/h3-10,12,15-16H,1,11,13-14H2,2H3. The molecule has 5 heteroatoms. The number of ether oxygens (including phenoxy) is 1. The third kappa shape index (κ3) is 4.55. The molecule has 1 aromatic heterocycles. The Morgan fingerprint density at radius 1 is 1.12 bits per heavy atom. The van der Waals surface area contributed by atoms with Crippen LogP contribution in [0.4, 0.5) is 0 Å². The molecule has 0 saturated heterocycles. The maximum atomic E-state index is 5.31. The van der Waals surface area contributed by atoms with Crippen molar-refractivity contribution in [3.63, 3.8) is 0 Å². The smallest absolute Gasteiger partial charge is 0.138 e. The van der Waals surface area contributed by atoms with E-state index in [1.54, 1.807) is 18.1 Å². The van der Waals surface area contributed by atoms with Gasteiger partial charge in [0.15, 0.2) is 0 Å². The molecule has 0 spiro atoms. The molecule has 0 fully saturated rings. The Hall–Kier alpha value is -2.92. The van der Waals surface area contributed by atoms with E-state index in [9.17, 15) is 0 Å². The summed E-state index contributed by atoms with van der Waals surface area (Å²) in [5.41, 5.74) is 3.47. The first-order chi connectivity index (χ1) is 12.3. The zero-order valence-corrected chi connectivity index (χ0v) is 14.4. The van der Waals surface area contributed by atoms with Gasteiger partial charge in [0.2, 0.25) is 0 Å². The average Bonchev–Trinajstić information content (AvgIpc) is 3.17. The summed E-state index contributed by atoms with van der Waals surface area (Å²) in [4.78, 5) is 6.32. The number of hydrogen-bond acceptors (Lipinski definition) is 4.